The van der Waals surface area contributed by atoms with Crippen LogP contribution in [-0.2, 0) is 23.8 Å². The van der Waals surface area contributed by atoms with Gasteiger partial charge < -0.3 is 39.3 Å². The van der Waals surface area contributed by atoms with Gasteiger partial charge in [-0.15, -0.1) is 0 Å². The molecular formula is C39H65N3O8. The number of aliphatic hydroxyl groups excluding tert-OH is 2. The lowest BCUT2D eigenvalue weighted by atomic mass is 9.76. The SMILES string of the molecule is CC[C@H]1OC(=O)C[C@@]2(O)N[C@H]3[C@H](O)[C@H](O[C@@H]([C@@H](CCN4CCCCC4)C[C@@H](C)C(=O)/C=C/C(C)=C/[C@H]1CN1CCCCC1)[C@H]2C)O[C@@H](C)[C@@H]3O. The highest BCUT2D eigenvalue weighted by Crippen LogP contribution is 2.40. The van der Waals surface area contributed by atoms with Crippen LogP contribution in [-0.4, -0.2) is 125 Å². The number of aliphatic hydroxyl groups is 3. The largest absolute Gasteiger partial charge is 0.462 e. The summed E-state index contributed by atoms with van der Waals surface area (Å²) < 4.78 is 19.0. The van der Waals surface area contributed by atoms with Crippen LogP contribution >= 0.6 is 0 Å². The van der Waals surface area contributed by atoms with Crippen molar-refractivity contribution in [2.75, 3.05) is 39.3 Å². The first-order chi connectivity index (χ1) is 23.9. The third-order valence-electron chi connectivity index (χ3n) is 12.2. The second-order valence-electron chi connectivity index (χ2n) is 16.0. The lowest BCUT2D eigenvalue weighted by Gasteiger charge is -2.52. The van der Waals surface area contributed by atoms with E-state index in [1.54, 1.807) is 13.0 Å². The number of hydrogen-bond acceptors (Lipinski definition) is 11. The van der Waals surface area contributed by atoms with E-state index in [0.717, 1.165) is 70.5 Å². The van der Waals surface area contributed by atoms with E-state index in [0.29, 0.717) is 19.3 Å². The van der Waals surface area contributed by atoms with Crippen molar-refractivity contribution in [2.24, 2.45) is 23.7 Å². The highest BCUT2D eigenvalue weighted by atomic mass is 16.7. The fraction of sp³-hybridized carbons (Fsp3) is 0.846. The Hall–Kier alpha value is -1.70. The van der Waals surface area contributed by atoms with Crippen LogP contribution in [0.3, 0.4) is 0 Å². The molecule has 0 aromatic rings. The Bertz CT molecular complexity index is 1190. The molecule has 0 saturated carbocycles. The van der Waals surface area contributed by atoms with Crippen molar-refractivity contribution in [2.45, 2.75) is 147 Å². The first kappa shape index (κ1) is 39.5. The lowest BCUT2D eigenvalue weighted by Crippen LogP contribution is -2.72. The van der Waals surface area contributed by atoms with Gasteiger partial charge in [0.15, 0.2) is 12.1 Å². The Kier molecular flexibility index (Phi) is 14.1. The van der Waals surface area contributed by atoms with Gasteiger partial charge in [0.2, 0.25) is 0 Å². The van der Waals surface area contributed by atoms with Gasteiger partial charge in [-0.25, -0.2) is 0 Å². The summed E-state index contributed by atoms with van der Waals surface area (Å²) in [4.78, 5) is 32.6. The molecule has 11 nitrogen and oxygen atoms in total. The van der Waals surface area contributed by atoms with Crippen LogP contribution in [0.1, 0.15) is 98.8 Å². The summed E-state index contributed by atoms with van der Waals surface area (Å²) in [6.07, 6.45) is 8.76. The second-order valence-corrected chi connectivity index (χ2v) is 16.0. The molecule has 0 amide bonds. The van der Waals surface area contributed by atoms with E-state index >= 15 is 0 Å². The van der Waals surface area contributed by atoms with E-state index in [9.17, 15) is 24.9 Å². The van der Waals surface area contributed by atoms with Gasteiger partial charge in [-0.05, 0) is 104 Å². The summed E-state index contributed by atoms with van der Waals surface area (Å²) in [5, 5.41) is 38.4. The van der Waals surface area contributed by atoms with Crippen molar-refractivity contribution in [3.8, 4) is 0 Å². The Morgan fingerprint density at radius 3 is 2.24 bits per heavy atom. The highest BCUT2D eigenvalue weighted by Gasteiger charge is 2.55. The minimum atomic E-state index is -1.89. The van der Waals surface area contributed by atoms with E-state index in [2.05, 4.69) is 21.2 Å². The number of carbonyl (C=O) groups excluding carboxylic acids is 2. The molecule has 12 atom stereocenters. The Labute approximate surface area is 299 Å². The number of piperidine rings is 2. The standard InChI is InChI=1S/C39H65N3O8/c1-6-32-30(24-42-18-11-8-12-19-42)21-25(2)13-14-31(43)26(3)22-29(15-20-41-16-9-7-10-17-41)37-27(4)39(47,23-33(44)49-32)40-34-35(45)28(5)48-38(50-37)36(34)46/h13-14,21,26-30,32,34-38,40,45-47H,6-12,15-20,22-24H2,1-5H3/b14-13+,25-21+/t26-,27-,28+,29+,30+,32-,34-,35+,36+,37-,38+,39+/m1/s1. The number of ketones is 1. The van der Waals surface area contributed by atoms with Gasteiger partial charge >= 0.3 is 5.97 Å². The summed E-state index contributed by atoms with van der Waals surface area (Å²) >= 11 is 0. The molecule has 0 aromatic heterocycles. The number of ether oxygens (including phenoxy) is 3. The van der Waals surface area contributed by atoms with Gasteiger partial charge in [0.25, 0.3) is 0 Å². The number of cyclic esters (lactones) is 1. The Morgan fingerprint density at radius 2 is 1.58 bits per heavy atom. The second kappa shape index (κ2) is 17.9. The highest BCUT2D eigenvalue weighted by molar-refractivity contribution is 5.91. The molecule has 4 saturated heterocycles. The maximum absolute atomic E-state index is 14.0. The Balaban J connectivity index is 1.52. The number of nitrogens with one attached hydrogen (secondary N) is 1. The van der Waals surface area contributed by atoms with Crippen molar-refractivity contribution in [3.63, 3.8) is 0 Å². The average molecular weight is 704 g/mol. The van der Waals surface area contributed by atoms with Crippen LogP contribution in [0.2, 0.25) is 0 Å². The molecule has 5 aliphatic heterocycles. The molecule has 11 heteroatoms. The number of allylic oxidation sites excluding steroid dienone is 3. The maximum atomic E-state index is 14.0. The fourth-order valence-electron chi connectivity index (χ4n) is 8.93. The zero-order valence-electron chi connectivity index (χ0n) is 31.2. The van der Waals surface area contributed by atoms with Crippen molar-refractivity contribution in [1.29, 1.82) is 0 Å². The van der Waals surface area contributed by atoms with Crippen LogP contribution in [0.15, 0.2) is 23.8 Å². The van der Waals surface area contributed by atoms with Crippen LogP contribution in [0.25, 0.3) is 0 Å². The van der Waals surface area contributed by atoms with E-state index in [-0.39, 0.29) is 23.5 Å². The van der Waals surface area contributed by atoms with E-state index in [1.165, 1.54) is 12.8 Å². The molecule has 0 aromatic carbocycles. The van der Waals surface area contributed by atoms with Crippen LogP contribution in [0.5, 0.6) is 0 Å². The molecule has 0 radical (unpaired) electrons. The molecule has 4 N–H and O–H groups in total. The molecular weight excluding hydrogens is 638 g/mol. The van der Waals surface area contributed by atoms with Gasteiger partial charge in [-0.1, -0.05) is 51.3 Å². The molecule has 4 fully saturated rings. The van der Waals surface area contributed by atoms with Gasteiger partial charge in [0.05, 0.1) is 30.8 Å². The van der Waals surface area contributed by atoms with Gasteiger partial charge in [-0.3, -0.25) is 14.9 Å². The summed E-state index contributed by atoms with van der Waals surface area (Å²) in [6, 6.07) is -1.01. The number of fused-ring (bicyclic) bond motifs is 4. The topological polar surface area (TPSA) is 141 Å². The van der Waals surface area contributed by atoms with Crippen molar-refractivity contribution in [1.82, 2.24) is 15.1 Å². The third-order valence-corrected chi connectivity index (χ3v) is 12.2. The number of hydrogen-bond donors (Lipinski definition) is 4. The summed E-state index contributed by atoms with van der Waals surface area (Å²) in [6.45, 7) is 15.1. The quantitative estimate of drug-likeness (QED) is 0.302. The van der Waals surface area contributed by atoms with Crippen LogP contribution in [0.4, 0.5) is 0 Å². The molecule has 5 heterocycles. The predicted molar refractivity (Wildman–Crippen MR) is 191 cm³/mol. The van der Waals surface area contributed by atoms with Gasteiger partial charge in [-0.2, -0.15) is 0 Å². The maximum Gasteiger partial charge on any atom is 0.310 e. The Morgan fingerprint density at radius 1 is 0.920 bits per heavy atom. The molecule has 0 spiro atoms. The summed E-state index contributed by atoms with van der Waals surface area (Å²) in [5.74, 6) is -1.87. The van der Waals surface area contributed by atoms with E-state index < -0.39 is 66.9 Å². The molecule has 0 unspecified atom stereocenters. The average Bonchev–Trinajstić information content (AvgIpc) is 3.10. The first-order valence-electron chi connectivity index (χ1n) is 19.6. The zero-order chi connectivity index (χ0) is 36.0. The van der Waals surface area contributed by atoms with Crippen LogP contribution in [0, 0.1) is 23.7 Å². The van der Waals surface area contributed by atoms with Crippen LogP contribution < -0.4 is 5.32 Å². The number of likely N-dealkylation sites (tertiary alicyclic amines) is 2. The normalized spacial score (nSPS) is 43.6. The summed E-state index contributed by atoms with van der Waals surface area (Å²) in [7, 11) is 0. The fourth-order valence-corrected chi connectivity index (χ4v) is 8.93. The summed E-state index contributed by atoms with van der Waals surface area (Å²) in [5.41, 5.74) is -0.948. The first-order valence-corrected chi connectivity index (χ1v) is 19.6. The number of esters is 1. The molecule has 284 valence electrons. The molecule has 5 aliphatic rings. The number of carbonyl (C=O) groups is 2. The number of nitrogens with zero attached hydrogens (tertiary/aromatic N) is 2. The third kappa shape index (κ3) is 9.83. The smallest absolute Gasteiger partial charge is 0.310 e. The predicted octanol–water partition coefficient (Wildman–Crippen LogP) is 3.55. The monoisotopic (exact) mass is 703 g/mol. The zero-order valence-corrected chi connectivity index (χ0v) is 31.2. The molecule has 50 heavy (non-hydrogen) atoms. The lowest BCUT2D eigenvalue weighted by molar-refractivity contribution is -0.320. The molecule has 4 bridgehead atoms. The van der Waals surface area contributed by atoms with Crippen molar-refractivity contribution < 1.29 is 39.1 Å². The van der Waals surface area contributed by atoms with E-state index in [1.807, 2.05) is 33.8 Å². The van der Waals surface area contributed by atoms with E-state index in [4.69, 9.17) is 14.2 Å². The minimum absolute atomic E-state index is 0.0245. The van der Waals surface area contributed by atoms with Crippen molar-refractivity contribution >= 4 is 11.8 Å². The number of rotatable bonds is 6. The van der Waals surface area contributed by atoms with Gasteiger partial charge in [0.1, 0.15) is 17.9 Å². The minimum Gasteiger partial charge on any atom is -0.462 e. The molecule has 5 rings (SSSR count). The van der Waals surface area contributed by atoms with Crippen molar-refractivity contribution in [3.05, 3.63) is 23.8 Å². The molecule has 0 aliphatic carbocycles. The van der Waals surface area contributed by atoms with Gasteiger partial charge in [0, 0.05) is 24.3 Å².